The topological polar surface area (TPSA) is 26.3 Å². The van der Waals surface area contributed by atoms with Crippen LogP contribution < -0.4 is 0 Å². The van der Waals surface area contributed by atoms with Gasteiger partial charge in [-0.1, -0.05) is 15.9 Å². The maximum atomic E-state index is 10.6. The number of hydrogen-bond donors (Lipinski definition) is 0. The van der Waals surface area contributed by atoms with Gasteiger partial charge in [0.15, 0.2) is 0 Å². The van der Waals surface area contributed by atoms with Crippen molar-refractivity contribution in [2.75, 3.05) is 5.33 Å². The fourth-order valence-corrected chi connectivity index (χ4v) is 0.483. The Kier molecular flexibility index (Phi) is 6.93. The summed E-state index contributed by atoms with van der Waals surface area (Å²) in [6.07, 6.45) is 0. The number of rotatable bonds is 1. The molecule has 0 heterocycles. The summed E-state index contributed by atoms with van der Waals surface area (Å²) in [5.41, 5.74) is -0.356. The van der Waals surface area contributed by atoms with Gasteiger partial charge >= 0.3 is 5.97 Å². The van der Waals surface area contributed by atoms with Crippen LogP contribution in [0.1, 0.15) is 20.8 Å². The van der Waals surface area contributed by atoms with Crippen LogP contribution in [-0.2, 0) is 29.0 Å². The predicted octanol–water partition coefficient (Wildman–Crippen LogP) is 1.72. The number of esters is 1. The van der Waals surface area contributed by atoms with Crippen LogP contribution >= 0.6 is 15.9 Å². The average molecular weight is 260 g/mol. The van der Waals surface area contributed by atoms with E-state index in [1.54, 1.807) is 0 Å². The first-order valence-corrected chi connectivity index (χ1v) is 3.85. The first-order chi connectivity index (χ1) is 3.95. The molecule has 56 valence electrons. The molecule has 4 heteroatoms. The van der Waals surface area contributed by atoms with Crippen LogP contribution in [0.3, 0.4) is 0 Å². The van der Waals surface area contributed by atoms with E-state index in [2.05, 4.69) is 15.9 Å². The second kappa shape index (κ2) is 5.25. The van der Waals surface area contributed by atoms with Gasteiger partial charge in [0.1, 0.15) is 10.9 Å². The molecule has 0 aromatic rings. The van der Waals surface area contributed by atoms with E-state index in [1.165, 1.54) is 0 Å². The molecule has 2 nitrogen and oxygen atoms in total. The smallest absolute Gasteiger partial charge is 0.317 e. The van der Waals surface area contributed by atoms with Crippen LogP contribution in [0.25, 0.3) is 0 Å². The largest absolute Gasteiger partial charge is 0.459 e. The number of ether oxygens (including phenoxy) is 1. The van der Waals surface area contributed by atoms with Gasteiger partial charge in [0, 0.05) is 19.5 Å². The molecule has 0 atom stereocenters. The molecule has 10 heavy (non-hydrogen) atoms. The molecule has 0 saturated heterocycles. The fourth-order valence-electron chi connectivity index (χ4n) is 0.369. The van der Waals surface area contributed by atoms with Gasteiger partial charge in [-0.05, 0) is 20.8 Å². The summed E-state index contributed by atoms with van der Waals surface area (Å²) in [7, 11) is 0. The van der Waals surface area contributed by atoms with Crippen molar-refractivity contribution in [2.24, 2.45) is 0 Å². The van der Waals surface area contributed by atoms with E-state index in [4.69, 9.17) is 4.74 Å². The monoisotopic (exact) mass is 258 g/mol. The third-order valence-corrected chi connectivity index (χ3v) is 0.987. The number of hydrogen-bond acceptors (Lipinski definition) is 2. The summed E-state index contributed by atoms with van der Waals surface area (Å²) in [5, 5.41) is 0.268. The quantitative estimate of drug-likeness (QED) is 0.408. The van der Waals surface area contributed by atoms with Crippen LogP contribution in [0.4, 0.5) is 0 Å². The number of alkyl halides is 1. The molecule has 0 N–H and O–H groups in total. The molecule has 0 aromatic heterocycles. The van der Waals surface area contributed by atoms with Gasteiger partial charge in [-0.25, -0.2) is 0 Å². The van der Waals surface area contributed by atoms with Gasteiger partial charge in [-0.3, -0.25) is 4.79 Å². The minimum absolute atomic E-state index is 0. The van der Waals surface area contributed by atoms with Crippen molar-refractivity contribution in [3.05, 3.63) is 0 Å². The van der Waals surface area contributed by atoms with Crippen molar-refractivity contribution in [3.63, 3.8) is 0 Å². The Hall–Kier alpha value is 0.573. The molecule has 0 spiro atoms. The van der Waals surface area contributed by atoms with Gasteiger partial charge < -0.3 is 4.74 Å². The van der Waals surface area contributed by atoms with E-state index in [1.807, 2.05) is 20.8 Å². The van der Waals surface area contributed by atoms with Crippen molar-refractivity contribution < 1.29 is 29.0 Å². The van der Waals surface area contributed by atoms with Crippen LogP contribution in [0.2, 0.25) is 0 Å². The first-order valence-electron chi connectivity index (χ1n) is 2.73. The number of halogens is 1. The molecule has 0 amide bonds. The van der Waals surface area contributed by atoms with Crippen molar-refractivity contribution in [1.82, 2.24) is 0 Å². The van der Waals surface area contributed by atoms with Crippen LogP contribution in [-0.4, -0.2) is 16.9 Å². The van der Waals surface area contributed by atoms with E-state index in [9.17, 15) is 4.79 Å². The summed E-state index contributed by atoms with van der Waals surface area (Å²) < 4.78 is 4.90. The molecule has 0 aliphatic heterocycles. The van der Waals surface area contributed by atoms with Crippen LogP contribution in [0.5, 0.6) is 0 Å². The molecule has 0 bridgehead atoms. The number of carbonyl (C=O) groups is 1. The van der Waals surface area contributed by atoms with Crippen molar-refractivity contribution in [1.29, 1.82) is 0 Å². The van der Waals surface area contributed by atoms with Gasteiger partial charge in [-0.15, -0.1) is 0 Å². The normalized spacial score (nSPS) is 10.0. The molecule has 0 rings (SSSR count). The molecule has 0 saturated carbocycles. The summed E-state index contributed by atoms with van der Waals surface area (Å²) >= 11 is 2.99. The molecular weight excluding hydrogens is 249 g/mol. The van der Waals surface area contributed by atoms with Crippen molar-refractivity contribution in [3.8, 4) is 0 Å². The van der Waals surface area contributed by atoms with E-state index in [0.717, 1.165) is 0 Å². The van der Waals surface area contributed by atoms with E-state index in [-0.39, 0.29) is 36.4 Å². The second-order valence-electron chi connectivity index (χ2n) is 2.72. The summed E-state index contributed by atoms with van der Waals surface area (Å²) in [4.78, 5) is 10.6. The molecule has 0 aromatic carbocycles. The Balaban J connectivity index is 0. The average Bonchev–Trinajstić information content (AvgIpc) is 1.62. The third-order valence-electron chi connectivity index (χ3n) is 0.529. The third kappa shape index (κ3) is 8.57. The standard InChI is InChI=1S/C6H11BrO2.Zn/c1-6(2,3)9-5(8)4-7;/h4H2,1-3H3;. The van der Waals surface area contributed by atoms with Crippen LogP contribution in [0, 0.1) is 0 Å². The van der Waals surface area contributed by atoms with Crippen molar-refractivity contribution in [2.45, 2.75) is 26.4 Å². The Morgan fingerprint density at radius 3 is 2.00 bits per heavy atom. The number of carbonyl (C=O) groups excluding carboxylic acids is 1. The second-order valence-corrected chi connectivity index (χ2v) is 3.28. The summed E-state index contributed by atoms with van der Waals surface area (Å²) in [6.45, 7) is 5.52. The molecule has 0 fully saturated rings. The van der Waals surface area contributed by atoms with Gasteiger partial charge in [0.25, 0.3) is 0 Å². The van der Waals surface area contributed by atoms with Crippen molar-refractivity contribution >= 4 is 21.9 Å². The Morgan fingerprint density at radius 2 is 1.90 bits per heavy atom. The van der Waals surface area contributed by atoms with E-state index in [0.29, 0.717) is 0 Å². The van der Waals surface area contributed by atoms with E-state index < -0.39 is 0 Å². The predicted molar refractivity (Wildman–Crippen MR) is 39.6 cm³/mol. The first kappa shape index (κ1) is 13.2. The minimum Gasteiger partial charge on any atom is -0.459 e. The molecule has 0 aliphatic rings. The Labute approximate surface area is 82.6 Å². The molecule has 0 radical (unpaired) electrons. The SMILES string of the molecule is CC(C)(C)OC(=O)CBr.[Zn]. The Morgan fingerprint density at radius 1 is 1.50 bits per heavy atom. The van der Waals surface area contributed by atoms with Gasteiger partial charge in [0.2, 0.25) is 0 Å². The molecule has 0 aliphatic carbocycles. The maximum absolute atomic E-state index is 10.6. The fraction of sp³-hybridized carbons (Fsp3) is 0.833. The zero-order chi connectivity index (χ0) is 7.49. The van der Waals surface area contributed by atoms with Gasteiger partial charge in [-0.2, -0.15) is 0 Å². The molecular formula is C6H11BrO2Zn. The zero-order valence-corrected chi connectivity index (χ0v) is 11.2. The summed E-state index contributed by atoms with van der Waals surface area (Å²) in [6, 6.07) is 0. The molecule has 0 unspecified atom stereocenters. The zero-order valence-electron chi connectivity index (χ0n) is 6.61. The van der Waals surface area contributed by atoms with Gasteiger partial charge in [0.05, 0.1) is 0 Å². The minimum atomic E-state index is -0.356. The summed E-state index contributed by atoms with van der Waals surface area (Å²) in [5.74, 6) is -0.220. The van der Waals surface area contributed by atoms with Crippen LogP contribution in [0.15, 0.2) is 0 Å². The Bertz CT molecular complexity index is 109. The van der Waals surface area contributed by atoms with E-state index >= 15 is 0 Å². The maximum Gasteiger partial charge on any atom is 0.317 e.